The Kier molecular flexibility index (Phi) is 4.63. The van der Waals surface area contributed by atoms with E-state index in [0.29, 0.717) is 6.04 Å². The molecule has 0 spiro atoms. The molecular formula is C15H27N3O. The minimum Gasteiger partial charge on any atom is -0.381 e. The van der Waals surface area contributed by atoms with Crippen LogP contribution in [0.25, 0.3) is 0 Å². The average molecular weight is 265 g/mol. The molecule has 1 aromatic heterocycles. The van der Waals surface area contributed by atoms with Crippen molar-refractivity contribution in [2.24, 2.45) is 5.41 Å². The van der Waals surface area contributed by atoms with Gasteiger partial charge in [0.2, 0.25) is 0 Å². The van der Waals surface area contributed by atoms with Crippen LogP contribution in [-0.2, 0) is 17.7 Å². The molecule has 19 heavy (non-hydrogen) atoms. The van der Waals surface area contributed by atoms with Gasteiger partial charge in [-0.1, -0.05) is 13.8 Å². The van der Waals surface area contributed by atoms with Crippen LogP contribution in [0.4, 0.5) is 0 Å². The van der Waals surface area contributed by atoms with Gasteiger partial charge in [-0.3, -0.25) is 4.68 Å². The Morgan fingerprint density at radius 1 is 1.53 bits per heavy atom. The maximum absolute atomic E-state index is 5.68. The highest BCUT2D eigenvalue weighted by molar-refractivity contribution is 5.12. The minimum atomic E-state index is 0.240. The van der Waals surface area contributed by atoms with Crippen LogP contribution in [0.2, 0.25) is 0 Å². The van der Waals surface area contributed by atoms with E-state index >= 15 is 0 Å². The van der Waals surface area contributed by atoms with Gasteiger partial charge in [-0.2, -0.15) is 5.10 Å². The van der Waals surface area contributed by atoms with Gasteiger partial charge in [0.1, 0.15) is 0 Å². The summed E-state index contributed by atoms with van der Waals surface area (Å²) in [5, 5.41) is 8.14. The van der Waals surface area contributed by atoms with Crippen molar-refractivity contribution in [1.29, 1.82) is 0 Å². The fraction of sp³-hybridized carbons (Fsp3) is 0.800. The van der Waals surface area contributed by atoms with Gasteiger partial charge in [-0.05, 0) is 32.8 Å². The molecular weight excluding hydrogens is 238 g/mol. The Morgan fingerprint density at radius 3 is 2.89 bits per heavy atom. The first kappa shape index (κ1) is 14.5. The van der Waals surface area contributed by atoms with Gasteiger partial charge >= 0.3 is 0 Å². The second-order valence-electron chi connectivity index (χ2n) is 6.11. The van der Waals surface area contributed by atoms with Gasteiger partial charge in [-0.15, -0.1) is 0 Å². The number of aromatic nitrogens is 2. The van der Waals surface area contributed by atoms with Gasteiger partial charge in [0, 0.05) is 36.8 Å². The van der Waals surface area contributed by atoms with Gasteiger partial charge < -0.3 is 10.1 Å². The zero-order valence-electron chi connectivity index (χ0n) is 12.7. The quantitative estimate of drug-likeness (QED) is 0.856. The Balaban J connectivity index is 2.11. The maximum Gasteiger partial charge on any atom is 0.0596 e. The lowest BCUT2D eigenvalue weighted by Gasteiger charge is -2.29. The third-order valence-electron chi connectivity index (χ3n) is 3.91. The summed E-state index contributed by atoms with van der Waals surface area (Å²) in [6.07, 6.45) is 2.20. The molecule has 1 unspecified atom stereocenters. The van der Waals surface area contributed by atoms with Gasteiger partial charge in [-0.25, -0.2) is 0 Å². The summed E-state index contributed by atoms with van der Waals surface area (Å²) in [6.45, 7) is 12.3. The molecule has 0 bridgehead atoms. The van der Waals surface area contributed by atoms with E-state index in [-0.39, 0.29) is 5.41 Å². The Labute approximate surface area is 116 Å². The lowest BCUT2D eigenvalue weighted by molar-refractivity contribution is 0.146. The zero-order chi connectivity index (χ0) is 13.9. The molecule has 2 rings (SSSR count). The van der Waals surface area contributed by atoms with Gasteiger partial charge in [0.05, 0.1) is 12.3 Å². The molecule has 0 amide bonds. The molecule has 4 heteroatoms. The monoisotopic (exact) mass is 265 g/mol. The van der Waals surface area contributed by atoms with Crippen molar-refractivity contribution in [3.63, 3.8) is 0 Å². The summed E-state index contributed by atoms with van der Waals surface area (Å²) >= 11 is 0. The summed E-state index contributed by atoms with van der Waals surface area (Å²) in [6, 6.07) is 2.74. The van der Waals surface area contributed by atoms with Crippen molar-refractivity contribution in [3.05, 3.63) is 17.5 Å². The van der Waals surface area contributed by atoms with Crippen LogP contribution in [-0.4, -0.2) is 35.6 Å². The number of hydrogen-bond donors (Lipinski definition) is 1. The SMILES string of the molecule is CCn1nc(C)cc1CC1(CNC(C)C)CCOC1. The molecule has 0 radical (unpaired) electrons. The van der Waals surface area contributed by atoms with Crippen molar-refractivity contribution < 1.29 is 4.74 Å². The van der Waals surface area contributed by atoms with E-state index in [2.05, 4.69) is 48.9 Å². The van der Waals surface area contributed by atoms with Crippen LogP contribution in [0.1, 0.15) is 38.6 Å². The zero-order valence-corrected chi connectivity index (χ0v) is 12.7. The third kappa shape index (κ3) is 3.57. The van der Waals surface area contributed by atoms with Crippen LogP contribution in [0.15, 0.2) is 6.07 Å². The first-order valence-corrected chi connectivity index (χ1v) is 7.39. The fourth-order valence-corrected chi connectivity index (χ4v) is 2.81. The minimum absolute atomic E-state index is 0.240. The summed E-state index contributed by atoms with van der Waals surface area (Å²) in [4.78, 5) is 0. The fourth-order valence-electron chi connectivity index (χ4n) is 2.81. The molecule has 0 saturated carbocycles. The Morgan fingerprint density at radius 2 is 2.32 bits per heavy atom. The van der Waals surface area contributed by atoms with Crippen molar-refractivity contribution in [1.82, 2.24) is 15.1 Å². The molecule has 1 saturated heterocycles. The molecule has 1 fully saturated rings. The highest BCUT2D eigenvalue weighted by Crippen LogP contribution is 2.32. The molecule has 108 valence electrons. The topological polar surface area (TPSA) is 39.1 Å². The summed E-state index contributed by atoms with van der Waals surface area (Å²) < 4.78 is 7.81. The van der Waals surface area contributed by atoms with Crippen LogP contribution < -0.4 is 5.32 Å². The van der Waals surface area contributed by atoms with E-state index in [0.717, 1.165) is 44.8 Å². The van der Waals surface area contributed by atoms with Gasteiger partial charge in [0.25, 0.3) is 0 Å². The molecule has 1 aromatic rings. The number of aryl methyl sites for hydroxylation is 2. The van der Waals surface area contributed by atoms with E-state index in [1.54, 1.807) is 0 Å². The first-order valence-electron chi connectivity index (χ1n) is 7.39. The molecule has 4 nitrogen and oxygen atoms in total. The third-order valence-corrected chi connectivity index (χ3v) is 3.91. The highest BCUT2D eigenvalue weighted by atomic mass is 16.5. The Bertz CT molecular complexity index is 406. The van der Waals surface area contributed by atoms with E-state index in [4.69, 9.17) is 4.74 Å². The van der Waals surface area contributed by atoms with Crippen LogP contribution >= 0.6 is 0 Å². The predicted octanol–water partition coefficient (Wildman–Crippen LogP) is 2.16. The lowest BCUT2D eigenvalue weighted by atomic mass is 9.82. The smallest absolute Gasteiger partial charge is 0.0596 e. The second kappa shape index (κ2) is 6.06. The molecule has 0 aromatic carbocycles. The van der Waals surface area contributed by atoms with Crippen molar-refractivity contribution in [2.75, 3.05) is 19.8 Å². The second-order valence-corrected chi connectivity index (χ2v) is 6.11. The average Bonchev–Trinajstić information content (AvgIpc) is 2.95. The van der Waals surface area contributed by atoms with Gasteiger partial charge in [0.15, 0.2) is 0 Å². The van der Waals surface area contributed by atoms with Crippen LogP contribution in [0.3, 0.4) is 0 Å². The molecule has 1 aliphatic rings. The number of hydrogen-bond acceptors (Lipinski definition) is 3. The maximum atomic E-state index is 5.68. The number of nitrogens with one attached hydrogen (secondary N) is 1. The van der Waals surface area contributed by atoms with Crippen LogP contribution in [0.5, 0.6) is 0 Å². The Hall–Kier alpha value is -0.870. The highest BCUT2D eigenvalue weighted by Gasteiger charge is 2.36. The van der Waals surface area contributed by atoms with E-state index in [9.17, 15) is 0 Å². The van der Waals surface area contributed by atoms with E-state index in [1.807, 2.05) is 0 Å². The molecule has 1 N–H and O–H groups in total. The number of nitrogens with zero attached hydrogens (tertiary/aromatic N) is 2. The number of rotatable bonds is 6. The largest absolute Gasteiger partial charge is 0.381 e. The van der Waals surface area contributed by atoms with E-state index < -0.39 is 0 Å². The summed E-state index contributed by atoms with van der Waals surface area (Å²) in [5.41, 5.74) is 2.70. The summed E-state index contributed by atoms with van der Waals surface area (Å²) in [5.74, 6) is 0. The molecule has 0 aliphatic carbocycles. The normalized spacial score (nSPS) is 23.4. The van der Waals surface area contributed by atoms with Crippen molar-refractivity contribution >= 4 is 0 Å². The summed E-state index contributed by atoms with van der Waals surface area (Å²) in [7, 11) is 0. The number of ether oxygens (including phenoxy) is 1. The van der Waals surface area contributed by atoms with Crippen molar-refractivity contribution in [3.8, 4) is 0 Å². The molecule has 1 atom stereocenters. The molecule has 1 aliphatic heterocycles. The molecule has 2 heterocycles. The first-order chi connectivity index (χ1) is 9.04. The lowest BCUT2D eigenvalue weighted by Crippen LogP contribution is -2.40. The van der Waals surface area contributed by atoms with Crippen LogP contribution in [0, 0.1) is 12.3 Å². The van der Waals surface area contributed by atoms with Crippen molar-refractivity contribution in [2.45, 2.75) is 53.1 Å². The predicted molar refractivity (Wildman–Crippen MR) is 77.3 cm³/mol. The van der Waals surface area contributed by atoms with E-state index in [1.165, 1.54) is 5.69 Å². The standard InChI is InChI=1S/C15H27N3O/c1-5-18-14(8-13(4)17-18)9-15(6-7-19-11-15)10-16-12(2)3/h8,12,16H,5-7,9-11H2,1-4H3.